The zero-order valence-electron chi connectivity index (χ0n) is 13.2. The number of nitriles is 1. The maximum Gasteiger partial charge on any atom is 0.106 e. The fourth-order valence-electron chi connectivity index (χ4n) is 2.08. The molecule has 0 heterocycles. The second-order valence-electron chi connectivity index (χ2n) is 4.88. The molecular formula is C20H20N2S. The molecule has 0 bridgehead atoms. The minimum Gasteiger partial charge on any atom is -0.348 e. The molecule has 0 N–H and O–H groups in total. The van der Waals surface area contributed by atoms with Crippen LogP contribution in [0.1, 0.15) is 12.5 Å². The first-order valence-corrected chi connectivity index (χ1v) is 8.59. The molecule has 116 valence electrons. The van der Waals surface area contributed by atoms with Gasteiger partial charge in [-0.25, -0.2) is 0 Å². The number of anilines is 1. The summed E-state index contributed by atoms with van der Waals surface area (Å²) in [5.41, 5.74) is 2.37. The van der Waals surface area contributed by atoms with E-state index in [2.05, 4.69) is 42.2 Å². The normalized spacial score (nSPS) is 11.4. The summed E-state index contributed by atoms with van der Waals surface area (Å²) >= 11 is 1.56. The van der Waals surface area contributed by atoms with E-state index in [9.17, 15) is 5.26 Å². The summed E-state index contributed by atoms with van der Waals surface area (Å²) in [6.07, 6.45) is 5.82. The molecule has 2 aromatic rings. The summed E-state index contributed by atoms with van der Waals surface area (Å²) in [5.74, 6) is 0.810. The maximum atomic E-state index is 9.26. The lowest BCUT2D eigenvalue weighted by atomic mass is 10.2. The van der Waals surface area contributed by atoms with E-state index in [0.29, 0.717) is 4.91 Å². The third kappa shape index (κ3) is 5.69. The molecule has 0 saturated heterocycles. The second-order valence-corrected chi connectivity index (χ2v) is 5.90. The van der Waals surface area contributed by atoms with Gasteiger partial charge >= 0.3 is 0 Å². The number of hydrogen-bond donors (Lipinski definition) is 0. The van der Waals surface area contributed by atoms with Crippen molar-refractivity contribution in [2.45, 2.75) is 12.7 Å². The average molecular weight is 320 g/mol. The van der Waals surface area contributed by atoms with Gasteiger partial charge in [0.05, 0.1) is 4.91 Å². The molecule has 0 radical (unpaired) electrons. The number of benzene rings is 2. The van der Waals surface area contributed by atoms with Crippen molar-refractivity contribution in [2.24, 2.45) is 0 Å². The van der Waals surface area contributed by atoms with Gasteiger partial charge in [0.25, 0.3) is 0 Å². The summed E-state index contributed by atoms with van der Waals surface area (Å²) in [4.78, 5) is 2.86. The fraction of sp³-hybridized carbons (Fsp3) is 0.150. The van der Waals surface area contributed by atoms with Gasteiger partial charge < -0.3 is 4.90 Å². The van der Waals surface area contributed by atoms with Gasteiger partial charge in [0.15, 0.2) is 0 Å². The maximum absolute atomic E-state index is 9.26. The van der Waals surface area contributed by atoms with Gasteiger partial charge in [0.2, 0.25) is 0 Å². The van der Waals surface area contributed by atoms with Crippen molar-refractivity contribution in [3.63, 3.8) is 0 Å². The van der Waals surface area contributed by atoms with E-state index in [1.54, 1.807) is 11.8 Å². The van der Waals surface area contributed by atoms with Crippen LogP contribution in [0.3, 0.4) is 0 Å². The topological polar surface area (TPSA) is 27.0 Å². The molecule has 0 aliphatic heterocycles. The Hall–Kier alpha value is -2.44. The van der Waals surface area contributed by atoms with Crippen molar-refractivity contribution < 1.29 is 0 Å². The smallest absolute Gasteiger partial charge is 0.106 e. The summed E-state index contributed by atoms with van der Waals surface area (Å²) in [7, 11) is 0. The number of thioether (sulfide) groups is 1. The van der Waals surface area contributed by atoms with Crippen LogP contribution in [0, 0.1) is 11.3 Å². The molecule has 0 unspecified atom stereocenters. The van der Waals surface area contributed by atoms with Crippen LogP contribution in [0.25, 0.3) is 0 Å². The summed E-state index contributed by atoms with van der Waals surface area (Å²) < 4.78 is 0. The second kappa shape index (κ2) is 9.55. The van der Waals surface area contributed by atoms with Crippen LogP contribution >= 0.6 is 11.8 Å². The molecule has 0 amide bonds. The van der Waals surface area contributed by atoms with Crippen molar-refractivity contribution >= 4 is 17.4 Å². The van der Waals surface area contributed by atoms with Crippen molar-refractivity contribution in [1.29, 1.82) is 5.26 Å². The molecule has 3 heteroatoms. The van der Waals surface area contributed by atoms with Crippen LogP contribution in [-0.4, -0.2) is 6.54 Å². The van der Waals surface area contributed by atoms with Crippen molar-refractivity contribution in [3.05, 3.63) is 89.5 Å². The summed E-state index contributed by atoms with van der Waals surface area (Å²) in [5, 5.41) is 9.26. The number of nitrogens with zero attached hydrogens (tertiary/aromatic N) is 2. The predicted molar refractivity (Wildman–Crippen MR) is 100 cm³/mol. The van der Waals surface area contributed by atoms with Crippen LogP contribution in [0.15, 0.2) is 83.9 Å². The Bertz CT molecular complexity index is 685. The molecule has 0 fully saturated rings. The molecule has 2 rings (SSSR count). The van der Waals surface area contributed by atoms with Gasteiger partial charge in [-0.15, -0.1) is 11.8 Å². The zero-order chi connectivity index (χ0) is 16.3. The number of rotatable bonds is 7. The van der Waals surface area contributed by atoms with Crippen LogP contribution in [-0.2, 0) is 5.75 Å². The fourth-order valence-corrected chi connectivity index (χ4v) is 2.83. The Morgan fingerprint density at radius 2 is 1.74 bits per heavy atom. The van der Waals surface area contributed by atoms with E-state index in [1.807, 2.05) is 54.8 Å². The molecular weight excluding hydrogens is 300 g/mol. The molecule has 0 atom stereocenters. The van der Waals surface area contributed by atoms with Gasteiger partial charge in [-0.3, -0.25) is 0 Å². The minimum atomic E-state index is 0.717. The molecule has 0 aromatic heterocycles. The third-order valence-electron chi connectivity index (χ3n) is 3.29. The van der Waals surface area contributed by atoms with Crippen LogP contribution in [0.4, 0.5) is 5.69 Å². The standard InChI is InChI=1S/C20H20N2S/c1-2-22(19-12-7-4-8-13-19)15-9-14-20(16-21)23-17-18-10-5-3-6-11-18/h3-15H,2,17H2,1H3. The highest BCUT2D eigenvalue weighted by Gasteiger charge is 1.99. The Morgan fingerprint density at radius 3 is 2.35 bits per heavy atom. The van der Waals surface area contributed by atoms with E-state index in [1.165, 1.54) is 5.56 Å². The van der Waals surface area contributed by atoms with Gasteiger partial charge in [-0.2, -0.15) is 5.26 Å². The van der Waals surface area contributed by atoms with E-state index in [4.69, 9.17) is 0 Å². The lowest BCUT2D eigenvalue weighted by Gasteiger charge is -2.17. The number of para-hydroxylation sites is 1. The highest BCUT2D eigenvalue weighted by Crippen LogP contribution is 2.21. The highest BCUT2D eigenvalue weighted by molar-refractivity contribution is 8.02. The molecule has 23 heavy (non-hydrogen) atoms. The third-order valence-corrected chi connectivity index (χ3v) is 4.31. The van der Waals surface area contributed by atoms with Gasteiger partial charge in [-0.1, -0.05) is 48.5 Å². The molecule has 2 aromatic carbocycles. The average Bonchev–Trinajstić information content (AvgIpc) is 2.63. The van der Waals surface area contributed by atoms with E-state index in [0.717, 1.165) is 18.0 Å². The van der Waals surface area contributed by atoms with Crippen molar-refractivity contribution in [2.75, 3.05) is 11.4 Å². The van der Waals surface area contributed by atoms with E-state index in [-0.39, 0.29) is 0 Å². The summed E-state index contributed by atoms with van der Waals surface area (Å²) in [6, 6.07) is 22.7. The molecule has 0 aliphatic carbocycles. The van der Waals surface area contributed by atoms with Gasteiger partial charge in [0.1, 0.15) is 6.07 Å². The van der Waals surface area contributed by atoms with Crippen LogP contribution in [0.2, 0.25) is 0 Å². The number of allylic oxidation sites excluding steroid dienone is 3. The minimum absolute atomic E-state index is 0.717. The van der Waals surface area contributed by atoms with Gasteiger partial charge in [0, 0.05) is 24.2 Å². The first-order valence-electron chi connectivity index (χ1n) is 7.60. The quantitative estimate of drug-likeness (QED) is 0.507. The Labute approximate surface area is 142 Å². The SMILES string of the molecule is CCN(C=CC=C(C#N)SCc1ccccc1)c1ccccc1. The predicted octanol–water partition coefficient (Wildman–Crippen LogP) is 5.37. The molecule has 0 saturated carbocycles. The highest BCUT2D eigenvalue weighted by atomic mass is 32.2. The molecule has 0 spiro atoms. The van der Waals surface area contributed by atoms with Crippen LogP contribution in [0.5, 0.6) is 0 Å². The number of hydrogen-bond acceptors (Lipinski definition) is 3. The first-order chi connectivity index (χ1) is 11.3. The van der Waals surface area contributed by atoms with E-state index >= 15 is 0 Å². The first kappa shape index (κ1) is 16.9. The largest absolute Gasteiger partial charge is 0.348 e. The Kier molecular flexibility index (Phi) is 7.03. The Morgan fingerprint density at radius 1 is 1.09 bits per heavy atom. The zero-order valence-corrected chi connectivity index (χ0v) is 14.0. The van der Waals surface area contributed by atoms with Gasteiger partial charge in [-0.05, 0) is 36.8 Å². The summed E-state index contributed by atoms with van der Waals surface area (Å²) in [6.45, 7) is 2.99. The monoisotopic (exact) mass is 320 g/mol. The van der Waals surface area contributed by atoms with Crippen LogP contribution < -0.4 is 4.90 Å². The Balaban J connectivity index is 1.97. The van der Waals surface area contributed by atoms with E-state index < -0.39 is 0 Å². The lowest BCUT2D eigenvalue weighted by Crippen LogP contribution is -2.14. The lowest BCUT2D eigenvalue weighted by molar-refractivity contribution is 1.02. The van der Waals surface area contributed by atoms with Crippen molar-refractivity contribution in [3.8, 4) is 6.07 Å². The molecule has 2 nitrogen and oxygen atoms in total. The van der Waals surface area contributed by atoms with Crippen molar-refractivity contribution in [1.82, 2.24) is 0 Å². The molecule has 0 aliphatic rings.